The van der Waals surface area contributed by atoms with E-state index in [2.05, 4.69) is 22.8 Å². The van der Waals surface area contributed by atoms with Gasteiger partial charge in [-0.3, -0.25) is 4.79 Å². The van der Waals surface area contributed by atoms with E-state index in [1.807, 2.05) is 48.5 Å². The standard InChI is InChI=1S/C21H18N2OS2/c24-21(22-12-11-16-7-5-13-25-16)17-8-2-1-6-15(17)14-20-23-18-9-3-4-10-19(18)26-20/h1-10,13H,11-12,14H2,(H,22,24). The molecule has 2 aromatic heterocycles. The first-order valence-electron chi connectivity index (χ1n) is 8.52. The number of aromatic nitrogens is 1. The van der Waals surface area contributed by atoms with Crippen LogP contribution in [-0.2, 0) is 12.8 Å². The molecule has 2 aromatic carbocycles. The molecule has 0 bridgehead atoms. The molecule has 0 spiro atoms. The number of carbonyl (C=O) groups excluding carboxylic acids is 1. The summed E-state index contributed by atoms with van der Waals surface area (Å²) < 4.78 is 1.18. The van der Waals surface area contributed by atoms with Gasteiger partial charge >= 0.3 is 0 Å². The smallest absolute Gasteiger partial charge is 0.251 e. The van der Waals surface area contributed by atoms with E-state index in [1.165, 1.54) is 9.58 Å². The molecule has 0 aliphatic heterocycles. The van der Waals surface area contributed by atoms with Gasteiger partial charge in [-0.2, -0.15) is 0 Å². The Morgan fingerprint density at radius 2 is 1.85 bits per heavy atom. The van der Waals surface area contributed by atoms with E-state index in [-0.39, 0.29) is 5.91 Å². The van der Waals surface area contributed by atoms with E-state index >= 15 is 0 Å². The van der Waals surface area contributed by atoms with Crippen molar-refractivity contribution >= 4 is 38.8 Å². The first-order valence-corrected chi connectivity index (χ1v) is 10.2. The number of amides is 1. The highest BCUT2D eigenvalue weighted by molar-refractivity contribution is 7.18. The van der Waals surface area contributed by atoms with Gasteiger partial charge in [0.1, 0.15) is 0 Å². The van der Waals surface area contributed by atoms with Crippen LogP contribution in [0, 0.1) is 0 Å². The number of nitrogens with zero attached hydrogens (tertiary/aromatic N) is 1. The van der Waals surface area contributed by atoms with Crippen LogP contribution >= 0.6 is 22.7 Å². The molecule has 4 rings (SSSR count). The predicted octanol–water partition coefficient (Wildman–Crippen LogP) is 4.92. The number of hydrogen-bond donors (Lipinski definition) is 1. The van der Waals surface area contributed by atoms with E-state index in [0.717, 1.165) is 28.1 Å². The van der Waals surface area contributed by atoms with Crippen LogP contribution in [0.3, 0.4) is 0 Å². The Hall–Kier alpha value is -2.50. The van der Waals surface area contributed by atoms with Gasteiger partial charge in [0.2, 0.25) is 0 Å². The Balaban J connectivity index is 1.47. The summed E-state index contributed by atoms with van der Waals surface area (Å²) in [6.45, 7) is 0.648. The number of nitrogens with one attached hydrogen (secondary N) is 1. The van der Waals surface area contributed by atoms with Crippen molar-refractivity contribution in [1.29, 1.82) is 0 Å². The van der Waals surface area contributed by atoms with Gasteiger partial charge in [-0.25, -0.2) is 4.98 Å². The lowest BCUT2D eigenvalue weighted by molar-refractivity contribution is 0.0953. The van der Waals surface area contributed by atoms with Crippen LogP contribution in [0.15, 0.2) is 66.0 Å². The van der Waals surface area contributed by atoms with Crippen molar-refractivity contribution in [3.05, 3.63) is 87.1 Å². The molecular weight excluding hydrogens is 360 g/mol. The molecule has 0 fully saturated rings. The van der Waals surface area contributed by atoms with Crippen molar-refractivity contribution < 1.29 is 4.79 Å². The second-order valence-corrected chi connectivity index (χ2v) is 8.14. The second-order valence-electron chi connectivity index (χ2n) is 5.99. The van der Waals surface area contributed by atoms with Crippen LogP contribution in [0.1, 0.15) is 25.8 Å². The summed E-state index contributed by atoms with van der Waals surface area (Å²) in [5.74, 6) is -0.0155. The van der Waals surface area contributed by atoms with Crippen LogP contribution < -0.4 is 5.32 Å². The predicted molar refractivity (Wildman–Crippen MR) is 109 cm³/mol. The summed E-state index contributed by atoms with van der Waals surface area (Å²) >= 11 is 3.41. The van der Waals surface area contributed by atoms with Crippen molar-refractivity contribution in [2.75, 3.05) is 6.54 Å². The van der Waals surface area contributed by atoms with Gasteiger partial charge in [0.05, 0.1) is 15.2 Å². The van der Waals surface area contributed by atoms with Gasteiger partial charge in [0.15, 0.2) is 0 Å². The third-order valence-electron chi connectivity index (χ3n) is 4.18. The molecule has 0 aliphatic rings. The first-order chi connectivity index (χ1) is 12.8. The van der Waals surface area contributed by atoms with Crippen LogP contribution in [0.2, 0.25) is 0 Å². The summed E-state index contributed by atoms with van der Waals surface area (Å²) in [6.07, 6.45) is 1.54. The summed E-state index contributed by atoms with van der Waals surface area (Å²) in [4.78, 5) is 18.6. The molecule has 0 saturated heterocycles. The molecule has 0 aliphatic carbocycles. The number of rotatable bonds is 6. The van der Waals surface area contributed by atoms with Gasteiger partial charge in [-0.05, 0) is 41.6 Å². The minimum atomic E-state index is -0.0155. The molecule has 0 unspecified atom stereocenters. The molecule has 2 heterocycles. The Morgan fingerprint density at radius 3 is 2.69 bits per heavy atom. The highest BCUT2D eigenvalue weighted by Crippen LogP contribution is 2.24. The number of thiophene rings is 1. The number of fused-ring (bicyclic) bond motifs is 1. The molecule has 5 heteroatoms. The van der Waals surface area contributed by atoms with E-state index in [9.17, 15) is 4.79 Å². The van der Waals surface area contributed by atoms with Crippen molar-refractivity contribution in [3.8, 4) is 0 Å². The average molecular weight is 379 g/mol. The zero-order valence-corrected chi connectivity index (χ0v) is 15.8. The average Bonchev–Trinajstić information content (AvgIpc) is 3.31. The number of para-hydroxylation sites is 1. The van der Waals surface area contributed by atoms with E-state index in [0.29, 0.717) is 13.0 Å². The van der Waals surface area contributed by atoms with Crippen molar-refractivity contribution in [1.82, 2.24) is 10.3 Å². The summed E-state index contributed by atoms with van der Waals surface area (Å²) in [7, 11) is 0. The third-order valence-corrected chi connectivity index (χ3v) is 6.15. The first kappa shape index (κ1) is 16.9. The molecule has 130 valence electrons. The molecule has 1 N–H and O–H groups in total. The molecular formula is C21H18N2OS2. The summed E-state index contributed by atoms with van der Waals surface area (Å²) in [5, 5.41) is 6.13. The van der Waals surface area contributed by atoms with Gasteiger partial charge in [0, 0.05) is 23.4 Å². The molecule has 0 radical (unpaired) electrons. The zero-order chi connectivity index (χ0) is 17.8. The fourth-order valence-corrected chi connectivity index (χ4v) is 4.60. The minimum Gasteiger partial charge on any atom is -0.352 e. The van der Waals surface area contributed by atoms with Gasteiger partial charge in [0.25, 0.3) is 5.91 Å². The Labute approximate surface area is 160 Å². The van der Waals surface area contributed by atoms with Crippen molar-refractivity contribution in [2.24, 2.45) is 0 Å². The van der Waals surface area contributed by atoms with Crippen molar-refractivity contribution in [2.45, 2.75) is 12.8 Å². The topological polar surface area (TPSA) is 42.0 Å². The summed E-state index contributed by atoms with van der Waals surface area (Å²) in [5.41, 5.74) is 2.77. The zero-order valence-electron chi connectivity index (χ0n) is 14.1. The Bertz CT molecular complexity index is 988. The Kier molecular flexibility index (Phi) is 5.09. The van der Waals surface area contributed by atoms with E-state index < -0.39 is 0 Å². The summed E-state index contributed by atoms with van der Waals surface area (Å²) in [6, 6.07) is 20.1. The van der Waals surface area contributed by atoms with Crippen LogP contribution in [0.5, 0.6) is 0 Å². The number of hydrogen-bond acceptors (Lipinski definition) is 4. The SMILES string of the molecule is O=C(NCCc1cccs1)c1ccccc1Cc1nc2ccccc2s1. The molecule has 4 aromatic rings. The van der Waals surface area contributed by atoms with Gasteiger partial charge in [-0.15, -0.1) is 22.7 Å². The van der Waals surface area contributed by atoms with Gasteiger partial charge in [-0.1, -0.05) is 36.4 Å². The lowest BCUT2D eigenvalue weighted by Crippen LogP contribution is -2.26. The number of thiazole rings is 1. The highest BCUT2D eigenvalue weighted by Gasteiger charge is 2.13. The van der Waals surface area contributed by atoms with Crippen LogP contribution in [-0.4, -0.2) is 17.4 Å². The highest BCUT2D eigenvalue weighted by atomic mass is 32.1. The normalized spacial score (nSPS) is 10.9. The van der Waals surface area contributed by atoms with Gasteiger partial charge < -0.3 is 5.32 Å². The number of benzene rings is 2. The third kappa shape index (κ3) is 3.84. The molecule has 0 saturated carbocycles. The largest absolute Gasteiger partial charge is 0.352 e. The van der Waals surface area contributed by atoms with Crippen LogP contribution in [0.4, 0.5) is 0 Å². The maximum Gasteiger partial charge on any atom is 0.251 e. The maximum atomic E-state index is 12.6. The van der Waals surface area contributed by atoms with Crippen LogP contribution in [0.25, 0.3) is 10.2 Å². The quantitative estimate of drug-likeness (QED) is 0.517. The molecule has 0 atom stereocenters. The monoisotopic (exact) mass is 378 g/mol. The van der Waals surface area contributed by atoms with E-state index in [4.69, 9.17) is 4.98 Å². The number of carbonyl (C=O) groups is 1. The van der Waals surface area contributed by atoms with Crippen molar-refractivity contribution in [3.63, 3.8) is 0 Å². The lowest BCUT2D eigenvalue weighted by Gasteiger charge is -2.09. The molecule has 26 heavy (non-hydrogen) atoms. The molecule has 3 nitrogen and oxygen atoms in total. The lowest BCUT2D eigenvalue weighted by atomic mass is 10.0. The fourth-order valence-electron chi connectivity index (χ4n) is 2.90. The van der Waals surface area contributed by atoms with E-state index in [1.54, 1.807) is 22.7 Å². The molecule has 1 amide bonds. The fraction of sp³-hybridized carbons (Fsp3) is 0.143. The Morgan fingerprint density at radius 1 is 1.00 bits per heavy atom. The maximum absolute atomic E-state index is 12.6. The second kappa shape index (κ2) is 7.81. The minimum absolute atomic E-state index is 0.0155.